The van der Waals surface area contributed by atoms with Gasteiger partial charge in [0.05, 0.1) is 5.76 Å². The number of thiophene rings is 1. The standard InChI is InChI=1S/C35H34NOS.C13H24O2.Ir/c1-21-27-14-15-36-31(25-16-22-10-8-9-11-28(22)29(18-25)35(5,6)7)33(27)38-32(21)24-13-12-23-17-26(20-34(2,3)4)37-30(23)19-24;1-5-10(6-2)12(14)9-13(15)11(7-3)8-4;/h8-15,17-19H,20H2,1-7H3;9-11,14H,5-8H2,1-4H3;/q-1;;/b;12-9-;. The van der Waals surface area contributed by atoms with Crippen molar-refractivity contribution in [3.8, 4) is 21.7 Å². The van der Waals surface area contributed by atoms with Gasteiger partial charge in [-0.3, -0.25) is 9.78 Å². The summed E-state index contributed by atoms with van der Waals surface area (Å²) in [6, 6.07) is 25.5. The van der Waals surface area contributed by atoms with E-state index >= 15 is 0 Å². The molecule has 1 radical (unpaired) electrons. The zero-order chi connectivity index (χ0) is 38.7. The molecule has 54 heavy (non-hydrogen) atoms. The molecule has 4 nitrogen and oxygen atoms in total. The Hall–Kier alpha value is -3.57. The molecule has 0 amide bonds. The predicted octanol–water partition coefficient (Wildman–Crippen LogP) is 14.4. The molecule has 0 saturated carbocycles. The maximum atomic E-state index is 11.7. The van der Waals surface area contributed by atoms with Gasteiger partial charge in [-0.05, 0) is 78.1 Å². The smallest absolute Gasteiger partial charge is 0.162 e. The summed E-state index contributed by atoms with van der Waals surface area (Å²) >= 11 is 1.82. The van der Waals surface area contributed by atoms with E-state index in [1.165, 1.54) is 43.1 Å². The molecule has 0 aliphatic heterocycles. The van der Waals surface area contributed by atoms with Crippen LogP contribution in [0.2, 0.25) is 0 Å². The first-order valence-corrected chi connectivity index (χ1v) is 20.2. The quantitative estimate of drug-likeness (QED) is 0.0845. The van der Waals surface area contributed by atoms with Crippen molar-refractivity contribution in [3.05, 3.63) is 102 Å². The first-order valence-electron chi connectivity index (χ1n) is 19.4. The molecule has 1 N–H and O–H groups in total. The van der Waals surface area contributed by atoms with Crippen LogP contribution in [0.25, 0.3) is 53.5 Å². The van der Waals surface area contributed by atoms with Crippen molar-refractivity contribution in [3.63, 3.8) is 0 Å². The number of aliphatic hydroxyl groups is 1. The topological polar surface area (TPSA) is 63.3 Å². The van der Waals surface area contributed by atoms with E-state index in [2.05, 4.69) is 115 Å². The summed E-state index contributed by atoms with van der Waals surface area (Å²) in [5, 5.41) is 14.6. The van der Waals surface area contributed by atoms with E-state index in [1.54, 1.807) is 0 Å². The number of aryl methyl sites for hydroxylation is 1. The maximum Gasteiger partial charge on any atom is 0.162 e. The summed E-state index contributed by atoms with van der Waals surface area (Å²) < 4.78 is 7.49. The number of carbonyl (C=O) groups is 1. The maximum absolute atomic E-state index is 11.7. The fourth-order valence-electron chi connectivity index (χ4n) is 7.21. The second kappa shape index (κ2) is 17.9. The molecular weight excluding hydrogens is 863 g/mol. The summed E-state index contributed by atoms with van der Waals surface area (Å²) in [5.74, 6) is 1.59. The van der Waals surface area contributed by atoms with Gasteiger partial charge in [0, 0.05) is 71.3 Å². The molecule has 0 fully saturated rings. The number of benzene rings is 3. The monoisotopic (exact) mass is 921 g/mol. The Kier molecular flexibility index (Phi) is 14.3. The minimum atomic E-state index is 0. The van der Waals surface area contributed by atoms with Crippen LogP contribution in [0.3, 0.4) is 0 Å². The van der Waals surface area contributed by atoms with Crippen molar-refractivity contribution in [1.29, 1.82) is 0 Å². The molecular formula is C48H58IrNO3S-. The number of furan rings is 1. The number of allylic oxidation sites excluding steroid dienone is 2. The van der Waals surface area contributed by atoms with Crippen molar-refractivity contribution in [1.82, 2.24) is 4.98 Å². The molecule has 0 aliphatic rings. The third kappa shape index (κ3) is 9.80. The first kappa shape index (κ1) is 43.2. The number of ketones is 1. The second-order valence-electron chi connectivity index (χ2n) is 16.7. The molecule has 0 bridgehead atoms. The van der Waals surface area contributed by atoms with Crippen molar-refractivity contribution < 1.29 is 34.4 Å². The van der Waals surface area contributed by atoms with Gasteiger partial charge in [0.2, 0.25) is 0 Å². The second-order valence-corrected chi connectivity index (χ2v) is 17.7. The van der Waals surface area contributed by atoms with E-state index in [0.717, 1.165) is 65.5 Å². The number of fused-ring (bicyclic) bond motifs is 3. The SMILES string of the molecule is CCC(CC)C(=O)/C=C(\O)C(CC)CC.Cc1c(-c2ccc3cc(CC(C)(C)C)oc3c2)sc2c(-c3[c-]c4ccccc4c(C(C)(C)C)c3)nccc12.[Ir]. The average molecular weight is 921 g/mol. The Morgan fingerprint density at radius 3 is 2.19 bits per heavy atom. The van der Waals surface area contributed by atoms with E-state index in [-0.39, 0.29) is 54.3 Å². The predicted molar refractivity (Wildman–Crippen MR) is 227 cm³/mol. The van der Waals surface area contributed by atoms with Crippen LogP contribution in [0, 0.1) is 30.2 Å². The first-order chi connectivity index (χ1) is 25.1. The van der Waals surface area contributed by atoms with E-state index in [9.17, 15) is 9.90 Å². The van der Waals surface area contributed by atoms with Crippen LogP contribution in [-0.2, 0) is 36.7 Å². The molecule has 3 aromatic carbocycles. The molecule has 0 aliphatic carbocycles. The Morgan fingerprint density at radius 1 is 0.889 bits per heavy atom. The van der Waals surface area contributed by atoms with Crippen LogP contribution >= 0.6 is 11.3 Å². The van der Waals surface area contributed by atoms with Gasteiger partial charge in [0.25, 0.3) is 0 Å². The number of pyridine rings is 1. The van der Waals surface area contributed by atoms with Crippen LogP contribution in [0.15, 0.2) is 83.1 Å². The van der Waals surface area contributed by atoms with Gasteiger partial charge in [-0.25, -0.2) is 0 Å². The van der Waals surface area contributed by atoms with Gasteiger partial charge in [-0.15, -0.1) is 40.5 Å². The van der Waals surface area contributed by atoms with Gasteiger partial charge < -0.3 is 9.52 Å². The Balaban J connectivity index is 0.000000347. The number of aliphatic hydroxyl groups excluding tert-OH is 1. The van der Waals surface area contributed by atoms with Crippen molar-refractivity contribution >= 4 is 48.9 Å². The van der Waals surface area contributed by atoms with Crippen LogP contribution in [0.1, 0.15) is 112 Å². The molecule has 6 heteroatoms. The van der Waals surface area contributed by atoms with Crippen LogP contribution in [0.5, 0.6) is 0 Å². The molecule has 289 valence electrons. The zero-order valence-electron chi connectivity index (χ0n) is 34.1. The molecule has 0 atom stereocenters. The Morgan fingerprint density at radius 2 is 1.56 bits per heavy atom. The van der Waals surface area contributed by atoms with Crippen LogP contribution in [0.4, 0.5) is 0 Å². The number of nitrogens with zero attached hydrogens (tertiary/aromatic N) is 1. The summed E-state index contributed by atoms with van der Waals surface area (Å²) in [7, 11) is 0. The summed E-state index contributed by atoms with van der Waals surface area (Å²) in [6.07, 6.45) is 7.77. The van der Waals surface area contributed by atoms with Crippen molar-refractivity contribution in [2.75, 3.05) is 0 Å². The molecule has 0 unspecified atom stereocenters. The Bertz CT molecular complexity index is 2240. The van der Waals surface area contributed by atoms with Gasteiger partial charge >= 0.3 is 0 Å². The van der Waals surface area contributed by atoms with E-state index < -0.39 is 0 Å². The van der Waals surface area contributed by atoms with Gasteiger partial charge in [-0.1, -0.05) is 111 Å². The van der Waals surface area contributed by atoms with Gasteiger partial charge in [0.15, 0.2) is 5.78 Å². The summed E-state index contributed by atoms with van der Waals surface area (Å²) in [6.45, 7) is 23.9. The number of hydrogen-bond donors (Lipinski definition) is 1. The molecule has 3 aromatic heterocycles. The minimum Gasteiger partial charge on any atom is -0.512 e. The number of carbonyl (C=O) groups excluding carboxylic acids is 1. The Labute approximate surface area is 340 Å². The van der Waals surface area contributed by atoms with Gasteiger partial charge in [0.1, 0.15) is 11.3 Å². The van der Waals surface area contributed by atoms with E-state index in [1.807, 2.05) is 45.2 Å². The third-order valence-corrected chi connectivity index (χ3v) is 11.7. The molecule has 0 saturated heterocycles. The summed E-state index contributed by atoms with van der Waals surface area (Å²) in [5.41, 5.74) is 7.01. The van der Waals surface area contributed by atoms with E-state index in [4.69, 9.17) is 9.40 Å². The fraction of sp³-hybridized carbons (Fsp3) is 0.417. The number of hydrogen-bond acceptors (Lipinski definition) is 5. The van der Waals surface area contributed by atoms with Gasteiger partial charge in [-0.2, -0.15) is 0 Å². The fourth-order valence-corrected chi connectivity index (χ4v) is 8.51. The number of rotatable bonds is 10. The largest absolute Gasteiger partial charge is 0.512 e. The van der Waals surface area contributed by atoms with Crippen molar-refractivity contribution in [2.45, 2.75) is 114 Å². The normalized spacial score (nSPS) is 12.4. The summed E-state index contributed by atoms with van der Waals surface area (Å²) in [4.78, 5) is 17.9. The average Bonchev–Trinajstić information content (AvgIpc) is 3.66. The molecule has 6 rings (SSSR count). The minimum absolute atomic E-state index is 0. The van der Waals surface area contributed by atoms with E-state index in [0.29, 0.717) is 0 Å². The third-order valence-electron chi connectivity index (χ3n) is 10.3. The number of aromatic nitrogens is 1. The molecule has 6 aromatic rings. The van der Waals surface area contributed by atoms with Crippen molar-refractivity contribution in [2.24, 2.45) is 17.3 Å². The molecule has 0 spiro atoms. The van der Waals surface area contributed by atoms with Crippen LogP contribution < -0.4 is 0 Å². The zero-order valence-corrected chi connectivity index (χ0v) is 37.3. The molecule has 3 heterocycles. The van der Waals surface area contributed by atoms with Crippen LogP contribution in [-0.4, -0.2) is 15.9 Å².